The Balaban J connectivity index is 0.778. The van der Waals surface area contributed by atoms with Gasteiger partial charge in [0.2, 0.25) is 23.7 Å². The third kappa shape index (κ3) is 11.6. The molecule has 1 aromatic heterocycles. The maximum Gasteiger partial charge on any atom is 0.255 e. The van der Waals surface area contributed by atoms with Gasteiger partial charge in [0.1, 0.15) is 19.0 Å². The second kappa shape index (κ2) is 21.4. The molecule has 0 spiro atoms. The van der Waals surface area contributed by atoms with Gasteiger partial charge in [0.05, 0.1) is 21.5 Å². The molecule has 3 aromatic carbocycles. The second-order valence-electron chi connectivity index (χ2n) is 17.9. The first kappa shape index (κ1) is 47.6. The molecule has 67 heavy (non-hydrogen) atoms. The summed E-state index contributed by atoms with van der Waals surface area (Å²) in [6.07, 6.45) is 9.60. The van der Waals surface area contributed by atoms with Gasteiger partial charge >= 0.3 is 0 Å². The van der Waals surface area contributed by atoms with Crippen LogP contribution >= 0.6 is 23.1 Å². The van der Waals surface area contributed by atoms with Crippen molar-refractivity contribution < 1.29 is 23.7 Å². The van der Waals surface area contributed by atoms with Gasteiger partial charge in [-0.25, -0.2) is 4.98 Å². The standard InChI is InChI=1S/C50H58BrN10O5P/c1-4-45(62)54-41-31-35(53-50-52-32-39(51)47(57-50)55-40-16-9-10-17-44(40)67(2,3)66)18-19-42(41)60-25-22-36(23-26-60)59-29-27-58(28-30-59)24-11-7-5-6-8-13-34-14-12-15-37-38(34)33-61(49(37)65)43-20-21-46(63)56-48(43)64/h4,9-10,12,14-19,31-32,36,43H,1,5-7,11,20-30,33H2,2-3H3,(H,54,62)(H,56,63,64)(H2,52,53,55,57). The van der Waals surface area contributed by atoms with Crippen LogP contribution in [0.2, 0.25) is 0 Å². The van der Waals surface area contributed by atoms with Gasteiger partial charge in [-0.15, -0.1) is 0 Å². The second-order valence-corrected chi connectivity index (χ2v) is 21.9. The molecule has 4 aliphatic heterocycles. The van der Waals surface area contributed by atoms with E-state index in [0.29, 0.717) is 57.9 Å². The van der Waals surface area contributed by atoms with E-state index in [9.17, 15) is 23.7 Å². The quantitative estimate of drug-likeness (QED) is 0.0315. The molecule has 8 rings (SSSR count). The zero-order chi connectivity index (χ0) is 47.1. The number of fused-ring (bicyclic) bond motifs is 1. The number of hydrogen-bond donors (Lipinski definition) is 4. The van der Waals surface area contributed by atoms with Crippen LogP contribution in [0.25, 0.3) is 0 Å². The molecule has 1 atom stereocenters. The summed E-state index contributed by atoms with van der Waals surface area (Å²) >= 11 is 3.55. The number of imide groups is 1. The average molecular weight is 990 g/mol. The smallest absolute Gasteiger partial charge is 0.255 e. The summed E-state index contributed by atoms with van der Waals surface area (Å²) < 4.78 is 13.6. The fourth-order valence-corrected chi connectivity index (χ4v) is 10.8. The Bertz CT molecular complexity index is 2650. The number of unbranched alkanes of at least 4 members (excludes halogenated alkanes) is 3. The fourth-order valence-electron chi connectivity index (χ4n) is 9.40. The highest BCUT2D eigenvalue weighted by Gasteiger charge is 2.40. The first-order valence-electron chi connectivity index (χ1n) is 23.1. The number of hydrogen-bond acceptors (Lipinski definition) is 12. The number of carbonyl (C=O) groups excluding carboxylic acids is 4. The van der Waals surface area contributed by atoms with E-state index in [4.69, 9.17) is 4.98 Å². The van der Waals surface area contributed by atoms with E-state index >= 15 is 0 Å². The lowest BCUT2D eigenvalue weighted by atomic mass is 10.0. The summed E-state index contributed by atoms with van der Waals surface area (Å²) in [7, 11) is -2.55. The lowest BCUT2D eigenvalue weighted by Crippen LogP contribution is -2.53. The molecule has 4 aromatic rings. The molecular formula is C50H58BrN10O5P. The van der Waals surface area contributed by atoms with Gasteiger partial charge in [-0.05, 0) is 122 Å². The molecule has 0 aliphatic carbocycles. The Morgan fingerprint density at radius 3 is 2.49 bits per heavy atom. The Morgan fingerprint density at radius 2 is 1.73 bits per heavy atom. The Labute approximate surface area is 401 Å². The molecule has 4 amide bonds. The predicted octanol–water partition coefficient (Wildman–Crippen LogP) is 7.06. The Morgan fingerprint density at radius 1 is 0.940 bits per heavy atom. The number of halogens is 1. The number of benzene rings is 3. The molecule has 350 valence electrons. The van der Waals surface area contributed by atoms with Gasteiger partial charge in [0.15, 0.2) is 0 Å². The molecule has 17 heteroatoms. The summed E-state index contributed by atoms with van der Waals surface area (Å²) in [6, 6.07) is 18.9. The van der Waals surface area contributed by atoms with Gasteiger partial charge in [-0.3, -0.25) is 29.4 Å². The highest BCUT2D eigenvalue weighted by molar-refractivity contribution is 9.10. The lowest BCUT2D eigenvalue weighted by molar-refractivity contribution is -0.137. The number of anilines is 6. The van der Waals surface area contributed by atoms with Crippen molar-refractivity contribution >= 4 is 86.5 Å². The Hall–Kier alpha value is -5.85. The number of piperidine rings is 2. The van der Waals surface area contributed by atoms with Crippen molar-refractivity contribution in [1.29, 1.82) is 0 Å². The molecule has 0 radical (unpaired) electrons. The highest BCUT2D eigenvalue weighted by atomic mass is 79.9. The number of piperazine rings is 1. The molecular weight excluding hydrogens is 931 g/mol. The van der Waals surface area contributed by atoms with E-state index in [2.05, 4.69) is 75.3 Å². The van der Waals surface area contributed by atoms with Crippen LogP contribution < -0.4 is 31.5 Å². The SMILES string of the molecule is C=CC(=O)Nc1cc(Nc2ncc(Br)c(Nc3ccccc3P(C)(C)=O)n2)ccc1N1CCC(N2CCN(CCCCCC#Cc3cccc4c3CN(C3CCC(=O)NC3=O)C4=O)CC2)CC1. The van der Waals surface area contributed by atoms with Crippen LogP contribution in [0, 0.1) is 11.8 Å². The molecule has 4 N–H and O–H groups in total. The van der Waals surface area contributed by atoms with E-state index in [0.717, 1.165) is 106 Å². The minimum Gasteiger partial charge on any atom is -0.370 e. The first-order valence-corrected chi connectivity index (χ1v) is 26.5. The predicted molar refractivity (Wildman–Crippen MR) is 268 cm³/mol. The first-order chi connectivity index (χ1) is 32.3. The van der Waals surface area contributed by atoms with Gasteiger partial charge in [0.25, 0.3) is 5.91 Å². The summed E-state index contributed by atoms with van der Waals surface area (Å²) in [5, 5.41) is 12.7. The van der Waals surface area contributed by atoms with Crippen molar-refractivity contribution in [2.24, 2.45) is 0 Å². The maximum absolute atomic E-state index is 13.2. The molecule has 1 unspecified atom stereocenters. The number of para-hydroxylation sites is 1. The van der Waals surface area contributed by atoms with E-state index in [-0.39, 0.29) is 24.1 Å². The van der Waals surface area contributed by atoms with Crippen molar-refractivity contribution in [2.75, 3.05) is 80.0 Å². The zero-order valence-corrected chi connectivity index (χ0v) is 40.6. The Kier molecular flexibility index (Phi) is 15.2. The molecule has 4 aliphatic rings. The van der Waals surface area contributed by atoms with E-state index < -0.39 is 19.1 Å². The van der Waals surface area contributed by atoms with Crippen molar-refractivity contribution in [3.05, 3.63) is 101 Å². The van der Waals surface area contributed by atoms with Crippen LogP contribution in [0.15, 0.2) is 84.0 Å². The van der Waals surface area contributed by atoms with Gasteiger partial charge < -0.3 is 35.2 Å². The van der Waals surface area contributed by atoms with Crippen LogP contribution in [0.5, 0.6) is 0 Å². The number of carbonyl (C=O) groups is 4. The van der Waals surface area contributed by atoms with Crippen molar-refractivity contribution in [1.82, 2.24) is 30.0 Å². The number of rotatable bonds is 15. The van der Waals surface area contributed by atoms with Gasteiger partial charge in [-0.2, -0.15) is 4.98 Å². The van der Waals surface area contributed by atoms with Gasteiger partial charge in [-0.1, -0.05) is 43.0 Å². The van der Waals surface area contributed by atoms with Crippen LogP contribution in [-0.2, 0) is 25.5 Å². The van der Waals surface area contributed by atoms with Crippen LogP contribution in [0.4, 0.5) is 34.5 Å². The molecule has 5 heterocycles. The summed E-state index contributed by atoms with van der Waals surface area (Å²) in [6.45, 7) is 14.5. The van der Waals surface area contributed by atoms with Crippen LogP contribution in [0.3, 0.4) is 0 Å². The number of aromatic nitrogens is 2. The van der Waals surface area contributed by atoms with Crippen molar-refractivity contribution in [3.63, 3.8) is 0 Å². The van der Waals surface area contributed by atoms with E-state index in [1.807, 2.05) is 54.6 Å². The fraction of sp³-hybridized carbons (Fsp3) is 0.400. The third-order valence-electron chi connectivity index (χ3n) is 13.0. The van der Waals surface area contributed by atoms with Crippen molar-refractivity contribution in [2.45, 2.75) is 70.0 Å². The van der Waals surface area contributed by atoms with Crippen LogP contribution in [0.1, 0.15) is 72.9 Å². The topological polar surface area (TPSA) is 172 Å². The van der Waals surface area contributed by atoms with Gasteiger partial charge in [0, 0.05) is 93.0 Å². The van der Waals surface area contributed by atoms with E-state index in [1.165, 1.54) is 6.08 Å². The number of nitrogens with one attached hydrogen (secondary N) is 4. The minimum absolute atomic E-state index is 0.177. The molecule has 3 saturated heterocycles. The summed E-state index contributed by atoms with van der Waals surface area (Å²) in [5.41, 5.74) is 5.34. The normalized spacial score (nSPS) is 18.2. The zero-order valence-electron chi connectivity index (χ0n) is 38.2. The molecule has 3 fully saturated rings. The molecule has 15 nitrogen and oxygen atoms in total. The summed E-state index contributed by atoms with van der Waals surface area (Å²) in [5.74, 6) is 6.32. The highest BCUT2D eigenvalue weighted by Crippen LogP contribution is 2.39. The summed E-state index contributed by atoms with van der Waals surface area (Å²) in [4.78, 5) is 68.2. The monoisotopic (exact) mass is 988 g/mol. The third-order valence-corrected chi connectivity index (χ3v) is 15.1. The van der Waals surface area contributed by atoms with E-state index in [1.54, 1.807) is 30.5 Å². The minimum atomic E-state index is -2.55. The van der Waals surface area contributed by atoms with Crippen molar-refractivity contribution in [3.8, 4) is 11.8 Å². The molecule has 0 bridgehead atoms. The van der Waals surface area contributed by atoms with Crippen LogP contribution in [-0.4, -0.2) is 120 Å². The lowest BCUT2D eigenvalue weighted by Gasteiger charge is -2.43. The number of amides is 4. The maximum atomic E-state index is 13.2. The largest absolute Gasteiger partial charge is 0.370 e. The average Bonchev–Trinajstić information content (AvgIpc) is 3.66. The molecule has 0 saturated carbocycles. The number of nitrogens with zero attached hydrogens (tertiary/aromatic N) is 6.